The molecule has 0 spiro atoms. The molecule has 0 saturated heterocycles. The first kappa shape index (κ1) is 34.8. The lowest BCUT2D eigenvalue weighted by molar-refractivity contribution is -0.249. The van der Waals surface area contributed by atoms with Crippen molar-refractivity contribution in [3.63, 3.8) is 0 Å². The molecule has 6 aliphatic carbocycles. The van der Waals surface area contributed by atoms with E-state index in [0.29, 0.717) is 22.2 Å². The maximum atomic E-state index is 13.2. The van der Waals surface area contributed by atoms with Gasteiger partial charge in [0.15, 0.2) is 0 Å². The number of esters is 1. The van der Waals surface area contributed by atoms with Gasteiger partial charge in [-0.3, -0.25) is 9.59 Å². The predicted octanol–water partition coefficient (Wildman–Crippen LogP) is 9.77. The SMILES string of the molecule is CCN(CC[C@]12CCC[C@@H]1[C@H]1CCC3[C@@]4(C)CC[C@H](OC(=O)CC(C)(C)CC(=O)O)C(C)(C)C4CC[C@@]3(C)[C@]1(C)CC2)CC1CC1. The third kappa shape index (κ3) is 5.81. The molecule has 6 fully saturated rings. The van der Waals surface area contributed by atoms with E-state index in [9.17, 15) is 14.7 Å². The Kier molecular flexibility index (Phi) is 9.10. The Hall–Kier alpha value is -1.10. The highest BCUT2D eigenvalue weighted by Gasteiger charge is 2.70. The summed E-state index contributed by atoms with van der Waals surface area (Å²) in [5.74, 6) is 2.98. The lowest BCUT2D eigenvalue weighted by atomic mass is 9.32. The first-order valence-corrected chi connectivity index (χ1v) is 19.6. The van der Waals surface area contributed by atoms with Crippen molar-refractivity contribution in [2.24, 2.45) is 62.1 Å². The van der Waals surface area contributed by atoms with Crippen LogP contribution in [-0.2, 0) is 14.3 Å². The third-order valence-corrected chi connectivity index (χ3v) is 16.6. The molecule has 0 radical (unpaired) electrons. The van der Waals surface area contributed by atoms with Gasteiger partial charge in [0.25, 0.3) is 0 Å². The predicted molar refractivity (Wildman–Crippen MR) is 185 cm³/mol. The molecule has 0 aromatic carbocycles. The number of aliphatic carboxylic acids is 1. The van der Waals surface area contributed by atoms with Crippen LogP contribution in [-0.4, -0.2) is 47.7 Å². The van der Waals surface area contributed by atoms with Crippen LogP contribution in [0.25, 0.3) is 0 Å². The largest absolute Gasteiger partial charge is 0.481 e. The zero-order valence-corrected chi connectivity index (χ0v) is 31.0. The molecule has 0 bridgehead atoms. The lowest BCUT2D eigenvalue weighted by Gasteiger charge is -2.72. The topological polar surface area (TPSA) is 66.8 Å². The van der Waals surface area contributed by atoms with Crippen LogP contribution in [0.3, 0.4) is 0 Å². The van der Waals surface area contributed by atoms with Crippen molar-refractivity contribution in [1.29, 1.82) is 0 Å². The highest BCUT2D eigenvalue weighted by molar-refractivity contribution is 5.73. The van der Waals surface area contributed by atoms with Crippen LogP contribution >= 0.6 is 0 Å². The Bertz CT molecular complexity index is 1160. The molecule has 46 heavy (non-hydrogen) atoms. The zero-order valence-electron chi connectivity index (χ0n) is 31.0. The zero-order chi connectivity index (χ0) is 33.3. The van der Waals surface area contributed by atoms with Crippen molar-refractivity contribution in [2.45, 2.75) is 164 Å². The molecule has 0 aromatic rings. The quantitative estimate of drug-likeness (QED) is 0.228. The average Bonchev–Trinajstić information content (AvgIpc) is 3.67. The van der Waals surface area contributed by atoms with E-state index in [4.69, 9.17) is 4.74 Å². The lowest BCUT2D eigenvalue weighted by Crippen LogP contribution is -2.66. The highest BCUT2D eigenvalue weighted by atomic mass is 16.5. The van der Waals surface area contributed by atoms with Gasteiger partial charge in [-0.2, -0.15) is 0 Å². The number of rotatable bonds is 11. The second-order valence-electron chi connectivity index (χ2n) is 19.9. The summed E-state index contributed by atoms with van der Waals surface area (Å²) in [6.45, 7) is 22.9. The number of hydrogen-bond acceptors (Lipinski definition) is 4. The number of carboxylic acid groups (broad SMARTS) is 1. The smallest absolute Gasteiger partial charge is 0.306 e. The summed E-state index contributed by atoms with van der Waals surface area (Å²) in [5.41, 5.74) is 0.970. The molecule has 5 nitrogen and oxygen atoms in total. The fourth-order valence-corrected chi connectivity index (χ4v) is 13.8. The molecule has 6 aliphatic rings. The van der Waals surface area contributed by atoms with Gasteiger partial charge in [-0.15, -0.1) is 0 Å². The van der Waals surface area contributed by atoms with E-state index in [1.807, 2.05) is 13.8 Å². The van der Waals surface area contributed by atoms with E-state index in [2.05, 4.69) is 46.4 Å². The van der Waals surface area contributed by atoms with E-state index in [0.717, 1.165) is 36.5 Å². The van der Waals surface area contributed by atoms with Crippen molar-refractivity contribution in [2.75, 3.05) is 19.6 Å². The second-order valence-corrected chi connectivity index (χ2v) is 19.9. The first-order chi connectivity index (χ1) is 21.5. The van der Waals surface area contributed by atoms with Gasteiger partial charge in [0.1, 0.15) is 6.10 Å². The van der Waals surface area contributed by atoms with Crippen LogP contribution in [0.5, 0.6) is 0 Å². The molecule has 6 saturated carbocycles. The summed E-state index contributed by atoms with van der Waals surface area (Å²) in [6, 6.07) is 0. The summed E-state index contributed by atoms with van der Waals surface area (Å²) < 4.78 is 6.28. The number of fused-ring (bicyclic) bond motifs is 7. The molecule has 262 valence electrons. The molecule has 0 heterocycles. The first-order valence-electron chi connectivity index (χ1n) is 19.6. The summed E-state index contributed by atoms with van der Waals surface area (Å²) in [7, 11) is 0. The summed E-state index contributed by atoms with van der Waals surface area (Å²) in [4.78, 5) is 27.3. The number of nitrogens with zero attached hydrogens (tertiary/aromatic N) is 1. The van der Waals surface area contributed by atoms with Crippen LogP contribution in [0, 0.1) is 62.1 Å². The molecular formula is C41H69NO4. The molecule has 9 atom stereocenters. The fraction of sp³-hybridized carbons (Fsp3) is 0.951. The second kappa shape index (κ2) is 12.0. The number of carboxylic acids is 1. The third-order valence-electron chi connectivity index (χ3n) is 16.6. The Morgan fingerprint density at radius 3 is 2.22 bits per heavy atom. The van der Waals surface area contributed by atoms with Crippen LogP contribution in [0.2, 0.25) is 0 Å². The maximum Gasteiger partial charge on any atom is 0.306 e. The van der Waals surface area contributed by atoms with Crippen molar-refractivity contribution in [1.82, 2.24) is 4.90 Å². The molecule has 6 rings (SSSR count). The Balaban J connectivity index is 1.17. The van der Waals surface area contributed by atoms with Gasteiger partial charge in [-0.25, -0.2) is 0 Å². The van der Waals surface area contributed by atoms with E-state index in [-0.39, 0.29) is 35.7 Å². The molecule has 0 amide bonds. The number of ether oxygens (including phenoxy) is 1. The van der Waals surface area contributed by atoms with Crippen molar-refractivity contribution < 1.29 is 19.4 Å². The van der Waals surface area contributed by atoms with Crippen LogP contribution in [0.15, 0.2) is 0 Å². The monoisotopic (exact) mass is 640 g/mol. The molecule has 5 heteroatoms. The number of hydrogen-bond donors (Lipinski definition) is 1. The van der Waals surface area contributed by atoms with Gasteiger partial charge in [0.05, 0.1) is 12.8 Å². The van der Waals surface area contributed by atoms with E-state index < -0.39 is 11.4 Å². The Morgan fingerprint density at radius 1 is 0.804 bits per heavy atom. The molecule has 1 N–H and O–H groups in total. The summed E-state index contributed by atoms with van der Waals surface area (Å²) in [5, 5.41) is 9.31. The summed E-state index contributed by atoms with van der Waals surface area (Å²) in [6.07, 6.45) is 19.1. The normalized spacial score (nSPS) is 43.3. The van der Waals surface area contributed by atoms with Gasteiger partial charge in [0.2, 0.25) is 0 Å². The highest BCUT2D eigenvalue weighted by Crippen LogP contribution is 2.77. The van der Waals surface area contributed by atoms with Gasteiger partial charge in [-0.1, -0.05) is 61.8 Å². The minimum atomic E-state index is -0.858. The minimum Gasteiger partial charge on any atom is -0.481 e. The van der Waals surface area contributed by atoms with Gasteiger partial charge in [0, 0.05) is 12.0 Å². The Labute approximate surface area is 281 Å². The van der Waals surface area contributed by atoms with Crippen LogP contribution in [0.4, 0.5) is 0 Å². The molecule has 2 unspecified atom stereocenters. The van der Waals surface area contributed by atoms with E-state index >= 15 is 0 Å². The Morgan fingerprint density at radius 2 is 1.54 bits per heavy atom. The minimum absolute atomic E-state index is 0.0174. The van der Waals surface area contributed by atoms with Gasteiger partial charge < -0.3 is 14.7 Å². The fourth-order valence-electron chi connectivity index (χ4n) is 13.8. The van der Waals surface area contributed by atoms with Crippen LogP contribution in [0.1, 0.15) is 158 Å². The summed E-state index contributed by atoms with van der Waals surface area (Å²) >= 11 is 0. The van der Waals surface area contributed by atoms with E-state index in [1.165, 1.54) is 96.7 Å². The average molecular weight is 640 g/mol. The number of carbonyl (C=O) groups is 2. The van der Waals surface area contributed by atoms with Crippen molar-refractivity contribution in [3.05, 3.63) is 0 Å². The van der Waals surface area contributed by atoms with Gasteiger partial charge >= 0.3 is 11.9 Å². The van der Waals surface area contributed by atoms with E-state index in [1.54, 1.807) is 0 Å². The molecule has 0 aliphatic heterocycles. The standard InChI is InChI=1S/C41H69NO4/c1-9-42(27-28-12-13-28)24-23-41-18-10-11-30(41)29-14-15-32-38(6)19-17-33(46-35(45)26-36(2,3)25-34(43)44)37(4,5)31(38)16-20-40(32,8)39(29,7)21-22-41/h28-33H,9-27H2,1-8H3,(H,43,44)/t29-,30-,31?,32?,33+,38+,39-,40-,41-/m1/s1. The van der Waals surface area contributed by atoms with Crippen LogP contribution < -0.4 is 0 Å². The van der Waals surface area contributed by atoms with Gasteiger partial charge in [-0.05, 0) is 153 Å². The van der Waals surface area contributed by atoms with Crippen molar-refractivity contribution >= 4 is 11.9 Å². The molecule has 0 aromatic heterocycles. The number of carbonyl (C=O) groups excluding carboxylic acids is 1. The van der Waals surface area contributed by atoms with Crippen molar-refractivity contribution in [3.8, 4) is 0 Å². The molecular weight excluding hydrogens is 570 g/mol. The maximum absolute atomic E-state index is 13.2.